The predicted octanol–water partition coefficient (Wildman–Crippen LogP) is 5.24. The molecule has 0 amide bonds. The third kappa shape index (κ3) is 5.99. The lowest BCUT2D eigenvalue weighted by molar-refractivity contribution is -0.138. The van der Waals surface area contributed by atoms with Crippen molar-refractivity contribution in [2.24, 2.45) is 11.1 Å². The standard InChI is InChI=1S/C25H35NO4/c1-6-17-11-16(12-21(26)24(28)29)9-10-22(17)30-20-13-18(7-2)23(27)19(14-20)15-25(4,5)8-3/h9-11,13-14,21,27H,6-8,12,15,26H2,1-5H3,(H,28,29). The summed E-state index contributed by atoms with van der Waals surface area (Å²) in [6, 6.07) is 8.59. The summed E-state index contributed by atoms with van der Waals surface area (Å²) in [6.07, 6.45) is 3.53. The van der Waals surface area contributed by atoms with Gasteiger partial charge in [-0.2, -0.15) is 0 Å². The second-order valence-corrected chi connectivity index (χ2v) is 8.68. The number of hydrogen-bond donors (Lipinski definition) is 3. The van der Waals surface area contributed by atoms with Gasteiger partial charge in [0.05, 0.1) is 0 Å². The van der Waals surface area contributed by atoms with E-state index in [4.69, 9.17) is 15.6 Å². The Morgan fingerprint density at radius 2 is 1.70 bits per heavy atom. The van der Waals surface area contributed by atoms with E-state index in [2.05, 4.69) is 20.8 Å². The lowest BCUT2D eigenvalue weighted by Crippen LogP contribution is -2.32. The van der Waals surface area contributed by atoms with Crippen molar-refractivity contribution in [1.82, 2.24) is 0 Å². The molecule has 2 aromatic carbocycles. The molecule has 2 rings (SSSR count). The van der Waals surface area contributed by atoms with Gasteiger partial charge in [0.25, 0.3) is 0 Å². The number of aryl methyl sites for hydroxylation is 2. The Labute approximate surface area is 179 Å². The number of rotatable bonds is 10. The average Bonchev–Trinajstić information content (AvgIpc) is 2.70. The first-order chi connectivity index (χ1) is 14.1. The average molecular weight is 414 g/mol. The van der Waals surface area contributed by atoms with Gasteiger partial charge < -0.3 is 20.7 Å². The third-order valence-electron chi connectivity index (χ3n) is 5.75. The SMILES string of the molecule is CCc1cc(CC(N)C(=O)O)ccc1Oc1cc(CC)c(O)c(CC(C)(C)CC)c1. The number of ether oxygens (including phenoxy) is 1. The molecule has 0 radical (unpaired) electrons. The molecule has 0 fully saturated rings. The minimum atomic E-state index is -1.01. The molecule has 0 bridgehead atoms. The van der Waals surface area contributed by atoms with E-state index in [9.17, 15) is 9.90 Å². The molecule has 0 heterocycles. The number of carbonyl (C=O) groups is 1. The lowest BCUT2D eigenvalue weighted by Gasteiger charge is -2.24. The number of aliphatic carboxylic acids is 1. The smallest absolute Gasteiger partial charge is 0.320 e. The van der Waals surface area contributed by atoms with Crippen LogP contribution in [-0.4, -0.2) is 22.2 Å². The summed E-state index contributed by atoms with van der Waals surface area (Å²) in [5.41, 5.74) is 9.40. The fourth-order valence-electron chi connectivity index (χ4n) is 3.44. The van der Waals surface area contributed by atoms with Crippen molar-refractivity contribution in [1.29, 1.82) is 0 Å². The summed E-state index contributed by atoms with van der Waals surface area (Å²) in [6.45, 7) is 10.6. The van der Waals surface area contributed by atoms with Crippen molar-refractivity contribution >= 4 is 5.97 Å². The maximum absolute atomic E-state index is 11.0. The molecule has 0 aliphatic heterocycles. The Bertz CT molecular complexity index is 889. The molecule has 0 spiro atoms. The van der Waals surface area contributed by atoms with Gasteiger partial charge in [-0.25, -0.2) is 0 Å². The topological polar surface area (TPSA) is 92.8 Å². The molecule has 0 aliphatic carbocycles. The number of aromatic hydroxyl groups is 1. The molecule has 30 heavy (non-hydrogen) atoms. The van der Waals surface area contributed by atoms with E-state index in [1.807, 2.05) is 44.2 Å². The fourth-order valence-corrected chi connectivity index (χ4v) is 3.44. The van der Waals surface area contributed by atoms with Crippen LogP contribution in [0.5, 0.6) is 17.2 Å². The first-order valence-electron chi connectivity index (χ1n) is 10.7. The van der Waals surface area contributed by atoms with Crippen molar-refractivity contribution in [2.45, 2.75) is 72.8 Å². The number of nitrogens with two attached hydrogens (primary N) is 1. The van der Waals surface area contributed by atoms with Crippen LogP contribution in [0.25, 0.3) is 0 Å². The monoisotopic (exact) mass is 413 g/mol. The summed E-state index contributed by atoms with van der Waals surface area (Å²) in [5, 5.41) is 19.7. The van der Waals surface area contributed by atoms with Gasteiger partial charge in [-0.15, -0.1) is 0 Å². The first-order valence-corrected chi connectivity index (χ1v) is 10.7. The quantitative estimate of drug-likeness (QED) is 0.495. The Morgan fingerprint density at radius 3 is 2.27 bits per heavy atom. The van der Waals surface area contributed by atoms with Crippen LogP contribution in [0.2, 0.25) is 0 Å². The summed E-state index contributed by atoms with van der Waals surface area (Å²) >= 11 is 0. The maximum Gasteiger partial charge on any atom is 0.320 e. The molecule has 1 unspecified atom stereocenters. The lowest BCUT2D eigenvalue weighted by atomic mass is 9.82. The van der Waals surface area contributed by atoms with Gasteiger partial charge in [0.2, 0.25) is 0 Å². The zero-order chi connectivity index (χ0) is 22.5. The van der Waals surface area contributed by atoms with Gasteiger partial charge in [-0.3, -0.25) is 4.79 Å². The molecule has 4 N–H and O–H groups in total. The summed E-state index contributed by atoms with van der Waals surface area (Å²) in [7, 11) is 0. The molecular weight excluding hydrogens is 378 g/mol. The highest BCUT2D eigenvalue weighted by Gasteiger charge is 2.21. The molecule has 5 nitrogen and oxygen atoms in total. The van der Waals surface area contributed by atoms with E-state index < -0.39 is 12.0 Å². The largest absolute Gasteiger partial charge is 0.507 e. The van der Waals surface area contributed by atoms with Crippen LogP contribution in [0.15, 0.2) is 30.3 Å². The van der Waals surface area contributed by atoms with Crippen molar-refractivity contribution < 1.29 is 19.7 Å². The number of carboxylic acid groups (broad SMARTS) is 1. The molecule has 1 atom stereocenters. The first kappa shape index (κ1) is 23.7. The van der Waals surface area contributed by atoms with E-state index in [1.165, 1.54) is 0 Å². The number of phenolic OH excluding ortho intramolecular Hbond substituents is 1. The van der Waals surface area contributed by atoms with Gasteiger partial charge in [-0.05, 0) is 71.6 Å². The van der Waals surface area contributed by atoms with Crippen LogP contribution in [0.3, 0.4) is 0 Å². The van der Waals surface area contributed by atoms with Gasteiger partial charge >= 0.3 is 5.97 Å². The Morgan fingerprint density at radius 1 is 1.07 bits per heavy atom. The summed E-state index contributed by atoms with van der Waals surface area (Å²) in [5.74, 6) is 0.794. The highest BCUT2D eigenvalue weighted by atomic mass is 16.5. The number of carboxylic acids is 1. The van der Waals surface area contributed by atoms with Crippen LogP contribution >= 0.6 is 0 Å². The molecule has 0 saturated carbocycles. The summed E-state index contributed by atoms with van der Waals surface area (Å²) in [4.78, 5) is 11.0. The van der Waals surface area contributed by atoms with E-state index >= 15 is 0 Å². The zero-order valence-corrected chi connectivity index (χ0v) is 18.8. The normalized spacial score (nSPS) is 12.6. The van der Waals surface area contributed by atoms with Gasteiger partial charge in [0.15, 0.2) is 0 Å². The van der Waals surface area contributed by atoms with Crippen molar-refractivity contribution in [2.75, 3.05) is 0 Å². The number of benzene rings is 2. The zero-order valence-electron chi connectivity index (χ0n) is 18.8. The van der Waals surface area contributed by atoms with Crippen LogP contribution in [0, 0.1) is 5.41 Å². The molecule has 0 saturated heterocycles. The fraction of sp³-hybridized carbons (Fsp3) is 0.480. The van der Waals surface area contributed by atoms with Gasteiger partial charge in [0, 0.05) is 0 Å². The van der Waals surface area contributed by atoms with E-state index in [0.29, 0.717) is 11.5 Å². The van der Waals surface area contributed by atoms with Gasteiger partial charge in [0.1, 0.15) is 23.3 Å². The molecule has 164 valence electrons. The minimum Gasteiger partial charge on any atom is -0.507 e. The maximum atomic E-state index is 11.0. The summed E-state index contributed by atoms with van der Waals surface area (Å²) < 4.78 is 6.24. The number of hydrogen-bond acceptors (Lipinski definition) is 4. The van der Waals surface area contributed by atoms with Crippen LogP contribution in [-0.2, 0) is 30.5 Å². The van der Waals surface area contributed by atoms with Crippen LogP contribution in [0.4, 0.5) is 0 Å². The van der Waals surface area contributed by atoms with Crippen LogP contribution in [0.1, 0.15) is 63.3 Å². The van der Waals surface area contributed by atoms with E-state index in [1.54, 1.807) is 0 Å². The molecule has 5 heteroatoms. The number of phenols is 1. The Balaban J connectivity index is 2.35. The van der Waals surface area contributed by atoms with Crippen LogP contribution < -0.4 is 10.5 Å². The van der Waals surface area contributed by atoms with Crippen molar-refractivity contribution in [3.8, 4) is 17.2 Å². The Kier molecular flexibility index (Phi) is 7.90. The predicted molar refractivity (Wildman–Crippen MR) is 120 cm³/mol. The minimum absolute atomic E-state index is 0.0836. The molecule has 0 aromatic heterocycles. The Hall–Kier alpha value is -2.53. The van der Waals surface area contributed by atoms with Crippen molar-refractivity contribution in [3.63, 3.8) is 0 Å². The molecular formula is C25H35NO4. The second kappa shape index (κ2) is 9.98. The van der Waals surface area contributed by atoms with Crippen molar-refractivity contribution in [3.05, 3.63) is 52.6 Å². The second-order valence-electron chi connectivity index (χ2n) is 8.68. The van der Waals surface area contributed by atoms with E-state index in [0.717, 1.165) is 53.7 Å². The van der Waals surface area contributed by atoms with E-state index in [-0.39, 0.29) is 11.8 Å². The molecule has 2 aromatic rings. The third-order valence-corrected chi connectivity index (χ3v) is 5.75. The molecule has 0 aliphatic rings. The van der Waals surface area contributed by atoms with Gasteiger partial charge in [-0.1, -0.05) is 53.2 Å². The highest BCUT2D eigenvalue weighted by Crippen LogP contribution is 2.37. The highest BCUT2D eigenvalue weighted by molar-refractivity contribution is 5.73.